The molecule has 0 aliphatic carbocycles. The van der Waals surface area contributed by atoms with Gasteiger partial charge < -0.3 is 10.4 Å². The van der Waals surface area contributed by atoms with Crippen LogP contribution in [0, 0.1) is 6.92 Å². The zero-order valence-corrected chi connectivity index (χ0v) is 12.5. The molecule has 2 aromatic carbocycles. The third kappa shape index (κ3) is 3.63. The van der Waals surface area contributed by atoms with Crippen LogP contribution in [0.1, 0.15) is 12.5 Å². The van der Waals surface area contributed by atoms with E-state index in [2.05, 4.69) is 5.32 Å². The van der Waals surface area contributed by atoms with Crippen molar-refractivity contribution in [1.82, 2.24) is 0 Å². The number of aliphatic carboxylic acids is 1. The SMILES string of the molecule is Cc1ccc(NC(=O)N(c2ccccc2)[C@@H](C)C(=O)O)cc1. The molecule has 2 N–H and O–H groups in total. The van der Waals surface area contributed by atoms with Gasteiger partial charge in [0.15, 0.2) is 0 Å². The fourth-order valence-corrected chi connectivity index (χ4v) is 2.04. The summed E-state index contributed by atoms with van der Waals surface area (Å²) in [7, 11) is 0. The molecule has 0 fully saturated rings. The lowest BCUT2D eigenvalue weighted by Crippen LogP contribution is -2.45. The summed E-state index contributed by atoms with van der Waals surface area (Å²) >= 11 is 0. The van der Waals surface area contributed by atoms with E-state index in [4.69, 9.17) is 0 Å². The van der Waals surface area contributed by atoms with Gasteiger partial charge >= 0.3 is 12.0 Å². The monoisotopic (exact) mass is 298 g/mol. The Hall–Kier alpha value is -2.82. The maximum atomic E-state index is 12.5. The van der Waals surface area contributed by atoms with Crippen molar-refractivity contribution in [2.24, 2.45) is 0 Å². The molecule has 0 radical (unpaired) electrons. The molecule has 1 atom stereocenters. The highest BCUT2D eigenvalue weighted by Crippen LogP contribution is 2.19. The van der Waals surface area contributed by atoms with Gasteiger partial charge in [-0.2, -0.15) is 0 Å². The van der Waals surface area contributed by atoms with Crippen molar-refractivity contribution in [2.75, 3.05) is 10.2 Å². The van der Waals surface area contributed by atoms with Gasteiger partial charge in [0, 0.05) is 11.4 Å². The summed E-state index contributed by atoms with van der Waals surface area (Å²) in [4.78, 5) is 25.0. The number of nitrogens with one attached hydrogen (secondary N) is 1. The minimum absolute atomic E-state index is 0.482. The topological polar surface area (TPSA) is 69.6 Å². The third-order valence-electron chi connectivity index (χ3n) is 3.30. The van der Waals surface area contributed by atoms with E-state index < -0.39 is 18.0 Å². The summed E-state index contributed by atoms with van der Waals surface area (Å²) < 4.78 is 0. The first-order valence-electron chi connectivity index (χ1n) is 6.94. The number of hydrogen-bond acceptors (Lipinski definition) is 2. The minimum atomic E-state index is -1.07. The molecule has 0 unspecified atom stereocenters. The Balaban J connectivity index is 2.26. The molecule has 22 heavy (non-hydrogen) atoms. The zero-order chi connectivity index (χ0) is 16.1. The van der Waals surface area contributed by atoms with E-state index in [0.29, 0.717) is 11.4 Å². The number of carboxylic acid groups (broad SMARTS) is 1. The Morgan fingerprint density at radius 2 is 1.64 bits per heavy atom. The molecule has 2 rings (SSSR count). The van der Waals surface area contributed by atoms with E-state index in [-0.39, 0.29) is 0 Å². The first kappa shape index (κ1) is 15.6. The number of carbonyl (C=O) groups is 2. The Labute approximate surface area is 129 Å². The number of benzene rings is 2. The average Bonchev–Trinajstić information content (AvgIpc) is 2.50. The van der Waals surface area contributed by atoms with Gasteiger partial charge in [-0.1, -0.05) is 35.9 Å². The van der Waals surface area contributed by atoms with Crippen LogP contribution in [0.5, 0.6) is 0 Å². The molecular weight excluding hydrogens is 280 g/mol. The smallest absolute Gasteiger partial charge is 0.327 e. The lowest BCUT2D eigenvalue weighted by Gasteiger charge is -2.26. The van der Waals surface area contributed by atoms with Crippen LogP contribution in [0.4, 0.5) is 16.2 Å². The quantitative estimate of drug-likeness (QED) is 0.907. The minimum Gasteiger partial charge on any atom is -0.480 e. The van der Waals surface area contributed by atoms with Gasteiger partial charge in [-0.05, 0) is 38.1 Å². The first-order chi connectivity index (χ1) is 10.5. The normalized spacial score (nSPS) is 11.5. The molecule has 0 aliphatic heterocycles. The summed E-state index contributed by atoms with van der Waals surface area (Å²) in [5, 5.41) is 12.0. The zero-order valence-electron chi connectivity index (χ0n) is 12.5. The highest BCUT2D eigenvalue weighted by molar-refractivity contribution is 6.05. The van der Waals surface area contributed by atoms with Crippen LogP contribution in [0.3, 0.4) is 0 Å². The largest absolute Gasteiger partial charge is 0.480 e. The molecule has 5 nitrogen and oxygen atoms in total. The highest BCUT2D eigenvalue weighted by atomic mass is 16.4. The first-order valence-corrected chi connectivity index (χ1v) is 6.94. The van der Waals surface area contributed by atoms with Crippen molar-refractivity contribution in [2.45, 2.75) is 19.9 Å². The summed E-state index contributed by atoms with van der Waals surface area (Å²) in [6.07, 6.45) is 0. The van der Waals surface area contributed by atoms with Crippen LogP contribution >= 0.6 is 0 Å². The molecule has 0 aliphatic rings. The van der Waals surface area contributed by atoms with Crippen molar-refractivity contribution < 1.29 is 14.7 Å². The number of para-hydroxylation sites is 1. The van der Waals surface area contributed by atoms with Crippen molar-refractivity contribution in [3.63, 3.8) is 0 Å². The standard InChI is InChI=1S/C17H18N2O3/c1-12-8-10-14(11-9-12)18-17(22)19(13(2)16(20)21)15-6-4-3-5-7-15/h3-11,13H,1-2H3,(H,18,22)(H,20,21)/t13-/m0/s1. The molecular formula is C17H18N2O3. The van der Waals surface area contributed by atoms with Gasteiger partial charge in [0.2, 0.25) is 0 Å². The van der Waals surface area contributed by atoms with Crippen molar-refractivity contribution >= 4 is 23.4 Å². The van der Waals surface area contributed by atoms with Gasteiger partial charge in [-0.25, -0.2) is 9.59 Å². The maximum Gasteiger partial charge on any atom is 0.327 e. The van der Waals surface area contributed by atoms with E-state index in [1.54, 1.807) is 36.4 Å². The Morgan fingerprint density at radius 3 is 2.18 bits per heavy atom. The molecule has 0 bridgehead atoms. The predicted molar refractivity (Wildman–Crippen MR) is 86.2 cm³/mol. The fourth-order valence-electron chi connectivity index (χ4n) is 2.04. The summed E-state index contributed by atoms with van der Waals surface area (Å²) in [6, 6.07) is 14.6. The van der Waals surface area contributed by atoms with E-state index in [1.807, 2.05) is 25.1 Å². The summed E-state index contributed by atoms with van der Waals surface area (Å²) in [6.45, 7) is 3.43. The van der Waals surface area contributed by atoms with Crippen LogP contribution in [0.15, 0.2) is 54.6 Å². The number of amides is 2. The number of hydrogen-bond donors (Lipinski definition) is 2. The van der Waals surface area contributed by atoms with Crippen molar-refractivity contribution in [1.29, 1.82) is 0 Å². The van der Waals surface area contributed by atoms with E-state index in [0.717, 1.165) is 5.56 Å². The van der Waals surface area contributed by atoms with Crippen LogP contribution in [0.2, 0.25) is 0 Å². The van der Waals surface area contributed by atoms with E-state index in [1.165, 1.54) is 11.8 Å². The lowest BCUT2D eigenvalue weighted by molar-refractivity contribution is -0.138. The number of anilines is 2. The Morgan fingerprint density at radius 1 is 1.05 bits per heavy atom. The van der Waals surface area contributed by atoms with Crippen LogP contribution < -0.4 is 10.2 Å². The highest BCUT2D eigenvalue weighted by Gasteiger charge is 2.27. The lowest BCUT2D eigenvalue weighted by atomic mass is 10.2. The molecule has 2 aromatic rings. The molecule has 0 saturated heterocycles. The summed E-state index contributed by atoms with van der Waals surface area (Å²) in [5.41, 5.74) is 2.23. The van der Waals surface area contributed by atoms with Crippen molar-refractivity contribution in [3.8, 4) is 0 Å². The number of urea groups is 1. The van der Waals surface area contributed by atoms with Crippen molar-refractivity contribution in [3.05, 3.63) is 60.2 Å². The maximum absolute atomic E-state index is 12.5. The Bertz CT molecular complexity index is 653. The van der Waals surface area contributed by atoms with Crippen LogP contribution in [0.25, 0.3) is 0 Å². The fraction of sp³-hybridized carbons (Fsp3) is 0.176. The molecule has 0 saturated carbocycles. The van der Waals surface area contributed by atoms with E-state index in [9.17, 15) is 14.7 Å². The van der Waals surface area contributed by atoms with Gasteiger partial charge in [0.25, 0.3) is 0 Å². The van der Waals surface area contributed by atoms with Crippen LogP contribution in [-0.2, 0) is 4.79 Å². The molecule has 0 heterocycles. The summed E-state index contributed by atoms with van der Waals surface area (Å²) in [5.74, 6) is -1.07. The average molecular weight is 298 g/mol. The number of carbonyl (C=O) groups excluding carboxylic acids is 1. The second-order valence-electron chi connectivity index (χ2n) is 5.02. The van der Waals surface area contributed by atoms with Gasteiger partial charge in [0.05, 0.1) is 0 Å². The third-order valence-corrected chi connectivity index (χ3v) is 3.30. The van der Waals surface area contributed by atoms with Gasteiger partial charge in [0.1, 0.15) is 6.04 Å². The number of aryl methyl sites for hydroxylation is 1. The molecule has 2 amide bonds. The number of nitrogens with zero attached hydrogens (tertiary/aromatic N) is 1. The predicted octanol–water partition coefficient (Wildman–Crippen LogP) is 3.51. The Kier molecular flexibility index (Phi) is 4.78. The second kappa shape index (κ2) is 6.76. The van der Waals surface area contributed by atoms with Gasteiger partial charge in [-0.15, -0.1) is 0 Å². The molecule has 0 aromatic heterocycles. The number of carboxylic acids is 1. The number of rotatable bonds is 4. The second-order valence-corrected chi connectivity index (χ2v) is 5.02. The van der Waals surface area contributed by atoms with Crippen LogP contribution in [-0.4, -0.2) is 23.1 Å². The van der Waals surface area contributed by atoms with E-state index >= 15 is 0 Å². The van der Waals surface area contributed by atoms with Gasteiger partial charge in [-0.3, -0.25) is 4.90 Å². The molecule has 0 spiro atoms. The molecule has 114 valence electrons. The molecule has 5 heteroatoms.